The predicted octanol–water partition coefficient (Wildman–Crippen LogP) is 0.609. The Balaban J connectivity index is 1.86. The van der Waals surface area contributed by atoms with E-state index >= 15 is 0 Å². The fraction of sp³-hybridized carbons (Fsp3) is 0.429. The number of sulfone groups is 1. The molecule has 0 aliphatic carbocycles. The monoisotopic (exact) mass is 376 g/mol. The number of cyclic esters (lactones) is 1. The minimum Gasteiger partial charge on any atom is -0.478 e. The van der Waals surface area contributed by atoms with Crippen LogP contribution < -0.4 is 9.80 Å². The Morgan fingerprint density at radius 1 is 1.20 bits per heavy atom. The van der Waals surface area contributed by atoms with Gasteiger partial charge in [-0.1, -0.05) is 0 Å². The van der Waals surface area contributed by atoms with Gasteiger partial charge in [-0.15, -0.1) is 0 Å². The second kappa shape index (κ2) is 6.14. The molecule has 0 saturated carbocycles. The normalized spacial score (nSPS) is 22.8. The van der Waals surface area contributed by atoms with Gasteiger partial charge in [0.1, 0.15) is 5.69 Å². The highest BCUT2D eigenvalue weighted by Gasteiger charge is 2.38. The van der Waals surface area contributed by atoms with Crippen LogP contribution in [-0.4, -0.2) is 62.8 Å². The van der Waals surface area contributed by atoms with Gasteiger partial charge in [0.25, 0.3) is 0 Å². The van der Waals surface area contributed by atoms with Crippen LogP contribution in [0.5, 0.6) is 0 Å². The van der Waals surface area contributed by atoms with E-state index in [0.29, 0.717) is 0 Å². The lowest BCUT2D eigenvalue weighted by molar-refractivity contribution is -0.144. The van der Waals surface area contributed by atoms with Crippen molar-refractivity contribution < 1.29 is 36.6 Å². The molecule has 0 spiro atoms. The van der Waals surface area contributed by atoms with Gasteiger partial charge in [-0.2, -0.15) is 0 Å². The number of benzene rings is 1. The first-order valence-electron chi connectivity index (χ1n) is 7.33. The average molecular weight is 376 g/mol. The average Bonchev–Trinajstić information content (AvgIpc) is 2.90. The zero-order chi connectivity index (χ0) is 18.4. The summed E-state index contributed by atoms with van der Waals surface area (Å²) in [5.41, 5.74) is -0.543. The van der Waals surface area contributed by atoms with Gasteiger partial charge in [0.15, 0.2) is 21.5 Å². The fourth-order valence-corrected chi connectivity index (χ4v) is 3.95. The van der Waals surface area contributed by atoms with Crippen LogP contribution in [0.2, 0.25) is 0 Å². The van der Waals surface area contributed by atoms with Crippen LogP contribution in [-0.2, 0) is 19.4 Å². The van der Waals surface area contributed by atoms with Gasteiger partial charge in [-0.3, -0.25) is 4.90 Å². The molecule has 2 saturated heterocycles. The number of carboxylic acids is 1. The molecule has 2 fully saturated rings. The van der Waals surface area contributed by atoms with E-state index in [1.807, 2.05) is 0 Å². The van der Waals surface area contributed by atoms with Crippen LogP contribution >= 0.6 is 0 Å². The first kappa shape index (κ1) is 17.4. The minimum absolute atomic E-state index is 0.0393. The highest BCUT2D eigenvalue weighted by Crippen LogP contribution is 2.31. The van der Waals surface area contributed by atoms with Crippen LogP contribution in [0.15, 0.2) is 12.1 Å². The van der Waals surface area contributed by atoms with Crippen molar-refractivity contribution in [2.24, 2.45) is 0 Å². The second-order valence-electron chi connectivity index (χ2n) is 5.72. The molecule has 0 aromatic heterocycles. The van der Waals surface area contributed by atoms with Crippen molar-refractivity contribution in [1.82, 2.24) is 0 Å². The van der Waals surface area contributed by atoms with Gasteiger partial charge < -0.3 is 14.7 Å². The van der Waals surface area contributed by atoms with Crippen molar-refractivity contribution in [3.63, 3.8) is 0 Å². The van der Waals surface area contributed by atoms with Crippen LogP contribution in [0.25, 0.3) is 0 Å². The quantitative estimate of drug-likeness (QED) is 0.824. The Labute approximate surface area is 141 Å². The van der Waals surface area contributed by atoms with E-state index in [2.05, 4.69) is 4.74 Å². The van der Waals surface area contributed by atoms with Crippen LogP contribution in [0, 0.1) is 11.6 Å². The lowest BCUT2D eigenvalue weighted by atomic mass is 10.2. The lowest BCUT2D eigenvalue weighted by Gasteiger charge is -2.29. The molecule has 8 nitrogen and oxygen atoms in total. The largest absolute Gasteiger partial charge is 0.478 e. The Morgan fingerprint density at radius 2 is 1.76 bits per heavy atom. The molecule has 1 amide bonds. The van der Waals surface area contributed by atoms with Crippen molar-refractivity contribution in [2.75, 3.05) is 40.9 Å². The third-order valence-electron chi connectivity index (χ3n) is 4.06. The summed E-state index contributed by atoms with van der Waals surface area (Å²) in [6.45, 7) is -0.445. The van der Waals surface area contributed by atoms with Crippen molar-refractivity contribution in [2.45, 2.75) is 6.10 Å². The SMILES string of the molecule is O=C(O)[C@H]1CN(c2cc(F)c(N3CCS(=O)(=O)CC3)c(F)c2)C(=O)O1. The van der Waals surface area contributed by atoms with Crippen LogP contribution in [0.1, 0.15) is 0 Å². The maximum Gasteiger partial charge on any atom is 0.415 e. The van der Waals surface area contributed by atoms with Gasteiger partial charge in [0.2, 0.25) is 6.10 Å². The van der Waals surface area contributed by atoms with Gasteiger partial charge >= 0.3 is 12.1 Å². The summed E-state index contributed by atoms with van der Waals surface area (Å²) in [6, 6.07) is 1.79. The van der Waals surface area contributed by atoms with Gasteiger partial charge in [-0.05, 0) is 0 Å². The molecular weight excluding hydrogens is 362 g/mol. The molecule has 2 aliphatic heterocycles. The Kier molecular flexibility index (Phi) is 4.27. The number of carbonyl (C=O) groups is 2. The van der Waals surface area contributed by atoms with E-state index in [4.69, 9.17) is 5.11 Å². The summed E-state index contributed by atoms with van der Waals surface area (Å²) in [5, 5.41) is 8.85. The summed E-state index contributed by atoms with van der Waals surface area (Å²) in [4.78, 5) is 24.7. The van der Waals surface area contributed by atoms with Crippen molar-refractivity contribution in [3.8, 4) is 0 Å². The molecule has 11 heteroatoms. The fourth-order valence-electron chi connectivity index (χ4n) is 2.75. The Bertz CT molecular complexity index is 807. The number of hydrogen-bond donors (Lipinski definition) is 1. The molecule has 136 valence electrons. The smallest absolute Gasteiger partial charge is 0.415 e. The predicted molar refractivity (Wildman–Crippen MR) is 82.5 cm³/mol. The number of carbonyl (C=O) groups excluding carboxylic acids is 1. The number of aliphatic carboxylic acids is 1. The third-order valence-corrected chi connectivity index (χ3v) is 5.67. The number of rotatable bonds is 3. The summed E-state index contributed by atoms with van der Waals surface area (Å²) in [7, 11) is -3.20. The molecule has 1 aromatic rings. The number of ether oxygens (including phenoxy) is 1. The lowest BCUT2D eigenvalue weighted by Crippen LogP contribution is -2.41. The molecule has 2 heterocycles. The Hall–Kier alpha value is -2.43. The highest BCUT2D eigenvalue weighted by molar-refractivity contribution is 7.91. The molecular formula is C14H14F2N2O6S. The van der Waals surface area contributed by atoms with E-state index in [1.54, 1.807) is 0 Å². The summed E-state index contributed by atoms with van der Waals surface area (Å²) in [6.07, 6.45) is -2.42. The van der Waals surface area contributed by atoms with E-state index in [9.17, 15) is 26.8 Å². The van der Waals surface area contributed by atoms with Gasteiger partial charge in [-0.25, -0.2) is 26.8 Å². The maximum absolute atomic E-state index is 14.4. The zero-order valence-electron chi connectivity index (χ0n) is 12.8. The number of nitrogens with zero attached hydrogens (tertiary/aromatic N) is 2. The molecule has 3 rings (SSSR count). The summed E-state index contributed by atoms with van der Waals surface area (Å²) < 4.78 is 56.3. The minimum atomic E-state index is -3.20. The Morgan fingerprint density at radius 3 is 2.24 bits per heavy atom. The van der Waals surface area contributed by atoms with Gasteiger partial charge in [0, 0.05) is 25.2 Å². The van der Waals surface area contributed by atoms with Crippen molar-refractivity contribution >= 4 is 33.3 Å². The summed E-state index contributed by atoms with van der Waals surface area (Å²) in [5.74, 6) is -3.71. The van der Waals surface area contributed by atoms with E-state index in [-0.39, 0.29) is 42.5 Å². The van der Waals surface area contributed by atoms with E-state index in [1.165, 1.54) is 4.90 Å². The molecule has 0 bridgehead atoms. The van der Waals surface area contributed by atoms with E-state index in [0.717, 1.165) is 17.0 Å². The molecule has 0 radical (unpaired) electrons. The highest BCUT2D eigenvalue weighted by atomic mass is 32.2. The topological polar surface area (TPSA) is 104 Å². The molecule has 1 atom stereocenters. The van der Waals surface area contributed by atoms with Crippen molar-refractivity contribution in [3.05, 3.63) is 23.8 Å². The van der Waals surface area contributed by atoms with E-state index < -0.39 is 39.6 Å². The van der Waals surface area contributed by atoms with Crippen LogP contribution in [0.4, 0.5) is 25.0 Å². The number of hydrogen-bond acceptors (Lipinski definition) is 6. The van der Waals surface area contributed by atoms with Crippen molar-refractivity contribution in [1.29, 1.82) is 0 Å². The maximum atomic E-state index is 14.4. The second-order valence-corrected chi connectivity index (χ2v) is 8.02. The number of amides is 1. The molecule has 25 heavy (non-hydrogen) atoms. The number of halogens is 2. The number of anilines is 2. The first-order valence-corrected chi connectivity index (χ1v) is 9.15. The molecule has 1 N–H and O–H groups in total. The van der Waals surface area contributed by atoms with Crippen LogP contribution in [0.3, 0.4) is 0 Å². The number of carboxylic acid groups (broad SMARTS) is 1. The van der Waals surface area contributed by atoms with Gasteiger partial charge in [0.05, 0.1) is 23.7 Å². The molecule has 2 aliphatic rings. The molecule has 1 aromatic carbocycles. The third kappa shape index (κ3) is 3.36. The molecule has 0 unspecified atom stereocenters. The first-order chi connectivity index (χ1) is 11.7. The summed E-state index contributed by atoms with van der Waals surface area (Å²) >= 11 is 0. The zero-order valence-corrected chi connectivity index (χ0v) is 13.6. The standard InChI is InChI=1S/C14H14F2N2O6S/c15-9-5-8(18-7-11(13(19)20)24-14(18)21)6-10(16)12(9)17-1-3-25(22,23)4-2-17/h5-6,11H,1-4,7H2,(H,19,20)/t11-/m1/s1.